The molecule has 0 saturated carbocycles. The second-order valence-electron chi connectivity index (χ2n) is 7.13. The van der Waals surface area contributed by atoms with Crippen molar-refractivity contribution in [2.45, 2.75) is 18.2 Å². The largest absolute Gasteiger partial charge is 0.497 e. The Hall–Kier alpha value is -3.52. The summed E-state index contributed by atoms with van der Waals surface area (Å²) in [5.74, 6) is 1.10. The summed E-state index contributed by atoms with van der Waals surface area (Å²) in [5.41, 5.74) is 2.66. The topological polar surface area (TPSA) is 93.7 Å². The summed E-state index contributed by atoms with van der Waals surface area (Å²) < 4.78 is 38.4. The molecular weight excluding hydrogens is 428 g/mol. The number of benzene rings is 3. The first kappa shape index (κ1) is 23.1. The molecule has 8 heteroatoms. The molecule has 32 heavy (non-hydrogen) atoms. The summed E-state index contributed by atoms with van der Waals surface area (Å²) in [4.78, 5) is 12.5. The number of ether oxygens (including phenoxy) is 2. The lowest BCUT2D eigenvalue weighted by Crippen LogP contribution is -2.25. The van der Waals surface area contributed by atoms with Gasteiger partial charge in [-0.3, -0.25) is 9.52 Å². The average Bonchev–Trinajstić information content (AvgIpc) is 2.80. The molecule has 0 radical (unpaired) electrons. The predicted molar refractivity (Wildman–Crippen MR) is 124 cm³/mol. The fourth-order valence-electron chi connectivity index (χ4n) is 3.15. The highest BCUT2D eigenvalue weighted by Gasteiger charge is 2.16. The molecule has 0 bridgehead atoms. The van der Waals surface area contributed by atoms with Gasteiger partial charge in [-0.1, -0.05) is 24.3 Å². The number of carbonyl (C=O) groups is 1. The number of para-hydroxylation sites is 1. The number of methoxy groups -OCH3 is 2. The maximum Gasteiger partial charge on any atom is 0.261 e. The zero-order valence-electron chi connectivity index (χ0n) is 18.2. The first-order valence-electron chi connectivity index (χ1n) is 10.0. The van der Waals surface area contributed by atoms with Crippen LogP contribution < -0.4 is 19.5 Å². The van der Waals surface area contributed by atoms with Crippen LogP contribution >= 0.6 is 0 Å². The van der Waals surface area contributed by atoms with E-state index in [1.54, 1.807) is 32.4 Å². The van der Waals surface area contributed by atoms with Crippen molar-refractivity contribution >= 4 is 21.6 Å². The van der Waals surface area contributed by atoms with Gasteiger partial charge in [-0.15, -0.1) is 0 Å². The molecule has 3 aromatic carbocycles. The minimum Gasteiger partial charge on any atom is -0.497 e. The van der Waals surface area contributed by atoms with Crippen molar-refractivity contribution in [1.82, 2.24) is 5.32 Å². The normalized spacial score (nSPS) is 11.0. The Morgan fingerprint density at radius 1 is 0.938 bits per heavy atom. The molecule has 3 aromatic rings. The van der Waals surface area contributed by atoms with E-state index in [1.807, 2.05) is 31.2 Å². The van der Waals surface area contributed by atoms with Crippen molar-refractivity contribution in [2.24, 2.45) is 0 Å². The molecule has 0 unspecified atom stereocenters. The average molecular weight is 455 g/mol. The lowest BCUT2D eigenvalue weighted by atomic mass is 10.1. The van der Waals surface area contributed by atoms with E-state index in [1.165, 1.54) is 24.3 Å². The van der Waals surface area contributed by atoms with Gasteiger partial charge in [0.1, 0.15) is 11.5 Å². The third kappa shape index (κ3) is 5.59. The molecule has 7 nitrogen and oxygen atoms in total. The first-order chi connectivity index (χ1) is 15.3. The van der Waals surface area contributed by atoms with Gasteiger partial charge in [0, 0.05) is 18.2 Å². The number of hydrogen-bond acceptors (Lipinski definition) is 5. The van der Waals surface area contributed by atoms with Crippen LogP contribution in [0.5, 0.6) is 11.5 Å². The third-order valence-electron chi connectivity index (χ3n) is 4.99. The van der Waals surface area contributed by atoms with E-state index in [0.29, 0.717) is 35.7 Å². The van der Waals surface area contributed by atoms with Crippen LogP contribution in [0.25, 0.3) is 0 Å². The molecule has 0 fully saturated rings. The third-order valence-corrected chi connectivity index (χ3v) is 6.37. The van der Waals surface area contributed by atoms with Crippen LogP contribution in [0.4, 0.5) is 5.69 Å². The number of sulfonamides is 1. The standard InChI is InChI=1S/C24H26N2O5S/c1-17-6-4-5-7-22(17)26-32(28,29)21-12-9-19(10-13-21)24(27)25-15-14-18-8-11-20(30-2)16-23(18)31-3/h4-13,16,26H,14-15H2,1-3H3,(H,25,27). The van der Waals surface area contributed by atoms with Crippen molar-refractivity contribution in [3.63, 3.8) is 0 Å². The number of rotatable bonds is 9. The second kappa shape index (κ2) is 10.2. The van der Waals surface area contributed by atoms with Crippen LogP contribution in [0.1, 0.15) is 21.5 Å². The number of amides is 1. The molecule has 0 atom stereocenters. The molecule has 0 heterocycles. The van der Waals surface area contributed by atoms with Gasteiger partial charge >= 0.3 is 0 Å². The monoisotopic (exact) mass is 454 g/mol. The van der Waals surface area contributed by atoms with E-state index >= 15 is 0 Å². The lowest BCUT2D eigenvalue weighted by molar-refractivity contribution is 0.0954. The van der Waals surface area contributed by atoms with Gasteiger partial charge in [0.2, 0.25) is 0 Å². The van der Waals surface area contributed by atoms with Gasteiger partial charge in [-0.05, 0) is 60.9 Å². The van der Waals surface area contributed by atoms with Crippen LogP contribution in [0.15, 0.2) is 71.6 Å². The lowest BCUT2D eigenvalue weighted by Gasteiger charge is -2.12. The predicted octanol–water partition coefficient (Wildman–Crippen LogP) is 3.79. The molecule has 1 amide bonds. The van der Waals surface area contributed by atoms with Gasteiger partial charge in [0.05, 0.1) is 24.8 Å². The number of hydrogen-bond donors (Lipinski definition) is 2. The summed E-state index contributed by atoms with van der Waals surface area (Å²) in [6.07, 6.45) is 0.575. The Morgan fingerprint density at radius 2 is 1.66 bits per heavy atom. The highest BCUT2D eigenvalue weighted by atomic mass is 32.2. The van der Waals surface area contributed by atoms with Crippen LogP contribution in [0, 0.1) is 6.92 Å². The Morgan fingerprint density at radius 3 is 2.31 bits per heavy atom. The van der Waals surface area contributed by atoms with Gasteiger partial charge in [-0.25, -0.2) is 8.42 Å². The van der Waals surface area contributed by atoms with E-state index in [-0.39, 0.29) is 10.8 Å². The highest BCUT2D eigenvalue weighted by molar-refractivity contribution is 7.92. The zero-order valence-corrected chi connectivity index (χ0v) is 19.0. The molecule has 2 N–H and O–H groups in total. The quantitative estimate of drug-likeness (QED) is 0.513. The number of anilines is 1. The summed E-state index contributed by atoms with van der Waals surface area (Å²) in [5, 5.41) is 2.84. The van der Waals surface area contributed by atoms with Gasteiger partial charge in [-0.2, -0.15) is 0 Å². The Bertz CT molecular complexity index is 1190. The second-order valence-corrected chi connectivity index (χ2v) is 8.81. The molecule has 0 aliphatic rings. The van der Waals surface area contributed by atoms with E-state index in [0.717, 1.165) is 11.1 Å². The van der Waals surface area contributed by atoms with Crippen LogP contribution in [0.3, 0.4) is 0 Å². The summed E-state index contributed by atoms with van der Waals surface area (Å²) >= 11 is 0. The molecule has 0 aliphatic carbocycles. The van der Waals surface area contributed by atoms with E-state index in [4.69, 9.17) is 9.47 Å². The van der Waals surface area contributed by atoms with Crippen LogP contribution in [-0.2, 0) is 16.4 Å². The van der Waals surface area contributed by atoms with E-state index in [9.17, 15) is 13.2 Å². The fourth-order valence-corrected chi connectivity index (χ4v) is 4.28. The smallest absolute Gasteiger partial charge is 0.261 e. The molecule has 0 aliphatic heterocycles. The molecule has 3 rings (SSSR count). The Balaban J connectivity index is 1.61. The SMILES string of the molecule is COc1ccc(CCNC(=O)c2ccc(S(=O)(=O)Nc3ccccc3C)cc2)c(OC)c1. The number of nitrogens with one attached hydrogen (secondary N) is 2. The van der Waals surface area contributed by atoms with Crippen molar-refractivity contribution in [2.75, 3.05) is 25.5 Å². The van der Waals surface area contributed by atoms with Gasteiger partial charge < -0.3 is 14.8 Å². The molecule has 0 saturated heterocycles. The first-order valence-corrected chi connectivity index (χ1v) is 11.5. The Labute approximate surface area is 188 Å². The summed E-state index contributed by atoms with van der Waals surface area (Å²) in [6, 6.07) is 18.5. The van der Waals surface area contributed by atoms with Crippen molar-refractivity contribution in [3.8, 4) is 11.5 Å². The Kier molecular flexibility index (Phi) is 7.37. The molecule has 0 aromatic heterocycles. The molecule has 0 spiro atoms. The summed E-state index contributed by atoms with van der Waals surface area (Å²) in [6.45, 7) is 2.23. The van der Waals surface area contributed by atoms with Gasteiger partial charge in [0.15, 0.2) is 0 Å². The van der Waals surface area contributed by atoms with Crippen molar-refractivity contribution < 1.29 is 22.7 Å². The van der Waals surface area contributed by atoms with Crippen molar-refractivity contribution in [1.29, 1.82) is 0 Å². The maximum atomic E-state index is 12.6. The van der Waals surface area contributed by atoms with Crippen LogP contribution in [-0.4, -0.2) is 35.1 Å². The van der Waals surface area contributed by atoms with Gasteiger partial charge in [0.25, 0.3) is 15.9 Å². The molecular formula is C24H26N2O5S. The maximum absolute atomic E-state index is 12.6. The van der Waals surface area contributed by atoms with E-state index < -0.39 is 10.0 Å². The minimum absolute atomic E-state index is 0.0836. The summed E-state index contributed by atoms with van der Waals surface area (Å²) in [7, 11) is -0.580. The van der Waals surface area contributed by atoms with E-state index in [2.05, 4.69) is 10.0 Å². The number of carbonyl (C=O) groups excluding carboxylic acids is 1. The highest BCUT2D eigenvalue weighted by Crippen LogP contribution is 2.25. The fraction of sp³-hybridized carbons (Fsp3) is 0.208. The number of aryl methyl sites for hydroxylation is 1. The minimum atomic E-state index is -3.75. The van der Waals surface area contributed by atoms with Crippen molar-refractivity contribution in [3.05, 3.63) is 83.4 Å². The zero-order chi connectivity index (χ0) is 23.1. The molecule has 168 valence electrons. The van der Waals surface area contributed by atoms with Crippen LogP contribution in [0.2, 0.25) is 0 Å².